The fourth-order valence-electron chi connectivity index (χ4n) is 2.77. The van der Waals surface area contributed by atoms with Crippen molar-refractivity contribution in [3.05, 3.63) is 51.5 Å². The summed E-state index contributed by atoms with van der Waals surface area (Å²) in [5.41, 5.74) is 1.15. The van der Waals surface area contributed by atoms with E-state index >= 15 is 0 Å². The second-order valence-corrected chi connectivity index (χ2v) is 6.16. The van der Waals surface area contributed by atoms with Crippen LogP contribution in [0.1, 0.15) is 34.8 Å². The summed E-state index contributed by atoms with van der Waals surface area (Å²) < 4.78 is 13.6. The Labute approximate surface area is 137 Å². The zero-order chi connectivity index (χ0) is 15.7. The highest BCUT2D eigenvalue weighted by atomic mass is 35.5. The smallest absolute Gasteiger partial charge is 0.255 e. The van der Waals surface area contributed by atoms with Gasteiger partial charge in [0.05, 0.1) is 15.6 Å². The summed E-state index contributed by atoms with van der Waals surface area (Å²) in [6.07, 6.45) is 3.55. The molecule has 22 heavy (non-hydrogen) atoms. The first kappa shape index (κ1) is 15.3. The van der Waals surface area contributed by atoms with Crippen LogP contribution in [0.4, 0.5) is 4.39 Å². The van der Waals surface area contributed by atoms with Crippen LogP contribution in [0.5, 0.6) is 0 Å². The van der Waals surface area contributed by atoms with Crippen LogP contribution in [-0.4, -0.2) is 34.1 Å². The third kappa shape index (κ3) is 2.96. The molecule has 1 atom stereocenters. The van der Waals surface area contributed by atoms with Crippen molar-refractivity contribution in [3.8, 4) is 0 Å². The van der Waals surface area contributed by atoms with Crippen LogP contribution in [0.3, 0.4) is 0 Å². The summed E-state index contributed by atoms with van der Waals surface area (Å²) >= 11 is 11.7. The van der Waals surface area contributed by atoms with Crippen molar-refractivity contribution in [2.24, 2.45) is 0 Å². The van der Waals surface area contributed by atoms with Crippen molar-refractivity contribution in [1.82, 2.24) is 15.1 Å². The van der Waals surface area contributed by atoms with Gasteiger partial charge in [0.1, 0.15) is 5.82 Å². The summed E-state index contributed by atoms with van der Waals surface area (Å²) in [5, 5.41) is 6.97. The van der Waals surface area contributed by atoms with Gasteiger partial charge in [-0.05, 0) is 31.0 Å². The highest BCUT2D eigenvalue weighted by Gasteiger charge is 2.27. The number of nitrogens with zero attached hydrogens (tertiary/aromatic N) is 2. The van der Waals surface area contributed by atoms with Crippen molar-refractivity contribution >= 4 is 29.1 Å². The summed E-state index contributed by atoms with van der Waals surface area (Å²) in [6, 6.07) is 4.28. The molecule has 3 rings (SSSR count). The number of halogens is 3. The minimum atomic E-state index is -0.642. The quantitative estimate of drug-likeness (QED) is 0.842. The Morgan fingerprint density at radius 3 is 2.91 bits per heavy atom. The van der Waals surface area contributed by atoms with E-state index in [9.17, 15) is 9.18 Å². The van der Waals surface area contributed by atoms with E-state index in [1.165, 1.54) is 6.07 Å². The molecule has 0 saturated carbocycles. The molecular formula is C15H14Cl2FN3O. The molecule has 2 aromatic rings. The molecule has 7 heteroatoms. The molecule has 1 aliphatic heterocycles. The van der Waals surface area contributed by atoms with Gasteiger partial charge in [-0.3, -0.25) is 9.89 Å². The zero-order valence-corrected chi connectivity index (χ0v) is 13.2. The predicted molar refractivity (Wildman–Crippen MR) is 82.9 cm³/mol. The normalized spacial score (nSPS) is 18.5. The summed E-state index contributed by atoms with van der Waals surface area (Å²) in [5.74, 6) is -0.711. The first-order valence-electron chi connectivity index (χ1n) is 6.99. The van der Waals surface area contributed by atoms with Gasteiger partial charge in [-0.25, -0.2) is 4.39 Å². The highest BCUT2D eigenvalue weighted by molar-refractivity contribution is 6.36. The number of rotatable bonds is 2. The zero-order valence-electron chi connectivity index (χ0n) is 11.7. The van der Waals surface area contributed by atoms with Gasteiger partial charge >= 0.3 is 0 Å². The molecule has 0 spiro atoms. The molecule has 116 valence electrons. The van der Waals surface area contributed by atoms with E-state index in [1.54, 1.807) is 11.1 Å². The Kier molecular flexibility index (Phi) is 4.36. The fraction of sp³-hybridized carbons (Fsp3) is 0.333. The Hall–Kier alpha value is -1.59. The Bertz CT molecular complexity index is 690. The van der Waals surface area contributed by atoms with E-state index < -0.39 is 5.82 Å². The van der Waals surface area contributed by atoms with E-state index in [4.69, 9.17) is 23.2 Å². The van der Waals surface area contributed by atoms with Gasteiger partial charge in [0.2, 0.25) is 0 Å². The number of amides is 1. The largest absolute Gasteiger partial charge is 0.338 e. The minimum Gasteiger partial charge on any atom is -0.338 e. The number of likely N-dealkylation sites (tertiary alicyclic amines) is 1. The average molecular weight is 342 g/mol. The summed E-state index contributed by atoms with van der Waals surface area (Å²) in [7, 11) is 0. The van der Waals surface area contributed by atoms with Crippen LogP contribution in [-0.2, 0) is 0 Å². The number of benzene rings is 1. The van der Waals surface area contributed by atoms with E-state index in [2.05, 4.69) is 10.2 Å². The first-order valence-corrected chi connectivity index (χ1v) is 7.75. The van der Waals surface area contributed by atoms with Crippen molar-refractivity contribution < 1.29 is 9.18 Å². The number of hydrogen-bond acceptors (Lipinski definition) is 2. The number of piperidine rings is 1. The molecule has 1 N–H and O–H groups in total. The molecule has 1 fully saturated rings. The van der Waals surface area contributed by atoms with Crippen LogP contribution in [0.25, 0.3) is 0 Å². The standard InChI is InChI=1S/C15H14Cl2FN3O/c16-11-7-12(17)13(18)6-10(11)15(22)21-5-1-2-9(8-21)14-3-4-19-20-14/h3-4,6-7,9H,1-2,5,8H2,(H,19,20)/t9-/m1/s1. The maximum absolute atomic E-state index is 13.6. The van der Waals surface area contributed by atoms with Crippen LogP contribution in [0.2, 0.25) is 10.0 Å². The number of carbonyl (C=O) groups excluding carboxylic acids is 1. The van der Waals surface area contributed by atoms with Gasteiger partial charge in [-0.2, -0.15) is 5.10 Å². The summed E-state index contributed by atoms with van der Waals surface area (Å²) in [6.45, 7) is 1.19. The molecular weight excluding hydrogens is 328 g/mol. The van der Waals surface area contributed by atoms with Gasteiger partial charge in [-0.15, -0.1) is 0 Å². The molecule has 1 aromatic carbocycles. The second kappa shape index (κ2) is 6.26. The van der Waals surface area contributed by atoms with Gasteiger partial charge < -0.3 is 4.90 Å². The number of aromatic amines is 1. The number of hydrogen-bond donors (Lipinski definition) is 1. The van der Waals surface area contributed by atoms with Crippen molar-refractivity contribution in [1.29, 1.82) is 0 Å². The molecule has 0 radical (unpaired) electrons. The van der Waals surface area contributed by atoms with Gasteiger partial charge in [0, 0.05) is 30.9 Å². The molecule has 1 aromatic heterocycles. The molecule has 0 unspecified atom stereocenters. The van der Waals surface area contributed by atoms with Crippen LogP contribution >= 0.6 is 23.2 Å². The lowest BCUT2D eigenvalue weighted by Crippen LogP contribution is -2.39. The number of H-pyrrole nitrogens is 1. The number of aromatic nitrogens is 2. The molecule has 2 heterocycles. The minimum absolute atomic E-state index is 0.0875. The van der Waals surface area contributed by atoms with Gasteiger partial charge in [-0.1, -0.05) is 23.2 Å². The lowest BCUT2D eigenvalue weighted by Gasteiger charge is -2.32. The predicted octanol–water partition coefficient (Wildman–Crippen LogP) is 3.88. The molecule has 0 aliphatic carbocycles. The first-order chi connectivity index (χ1) is 10.6. The van der Waals surface area contributed by atoms with Crippen molar-refractivity contribution in [2.45, 2.75) is 18.8 Å². The third-order valence-electron chi connectivity index (χ3n) is 3.91. The van der Waals surface area contributed by atoms with Crippen molar-refractivity contribution in [3.63, 3.8) is 0 Å². The Morgan fingerprint density at radius 1 is 1.36 bits per heavy atom. The van der Waals surface area contributed by atoms with Gasteiger partial charge in [0.25, 0.3) is 5.91 Å². The molecule has 0 bridgehead atoms. The van der Waals surface area contributed by atoms with Crippen LogP contribution in [0, 0.1) is 5.82 Å². The lowest BCUT2D eigenvalue weighted by atomic mass is 9.94. The number of carbonyl (C=O) groups is 1. The molecule has 4 nitrogen and oxygen atoms in total. The van der Waals surface area contributed by atoms with Crippen molar-refractivity contribution in [2.75, 3.05) is 13.1 Å². The SMILES string of the molecule is O=C(c1cc(F)c(Cl)cc1Cl)N1CCC[C@@H](c2ccn[nH]2)C1. The fourth-order valence-corrected chi connectivity index (χ4v) is 3.23. The maximum atomic E-state index is 13.6. The van der Waals surface area contributed by atoms with Crippen LogP contribution in [0.15, 0.2) is 24.4 Å². The van der Waals surface area contributed by atoms with E-state index in [-0.39, 0.29) is 27.4 Å². The van der Waals surface area contributed by atoms with E-state index in [0.717, 1.165) is 24.6 Å². The van der Waals surface area contributed by atoms with E-state index in [0.29, 0.717) is 13.1 Å². The molecule has 1 saturated heterocycles. The second-order valence-electron chi connectivity index (χ2n) is 5.35. The van der Waals surface area contributed by atoms with E-state index in [1.807, 2.05) is 6.07 Å². The third-order valence-corrected chi connectivity index (χ3v) is 4.51. The molecule has 1 aliphatic rings. The molecule has 1 amide bonds. The average Bonchev–Trinajstić information content (AvgIpc) is 3.05. The Morgan fingerprint density at radius 2 is 2.18 bits per heavy atom. The highest BCUT2D eigenvalue weighted by Crippen LogP contribution is 2.29. The topological polar surface area (TPSA) is 49.0 Å². The number of nitrogens with one attached hydrogen (secondary N) is 1. The van der Waals surface area contributed by atoms with Crippen LogP contribution < -0.4 is 0 Å². The maximum Gasteiger partial charge on any atom is 0.255 e. The lowest BCUT2D eigenvalue weighted by molar-refractivity contribution is 0.0705. The summed E-state index contributed by atoms with van der Waals surface area (Å²) in [4.78, 5) is 14.3. The Balaban J connectivity index is 1.81. The van der Waals surface area contributed by atoms with Gasteiger partial charge in [0.15, 0.2) is 0 Å². The monoisotopic (exact) mass is 341 g/mol.